The Hall–Kier alpha value is -9.12. The Bertz CT molecular complexity index is 3970. The molecule has 14 rings (SSSR count). The van der Waals surface area contributed by atoms with Gasteiger partial charge in [-0.25, -0.2) is 0 Å². The van der Waals surface area contributed by atoms with E-state index < -0.39 is 0 Å². The summed E-state index contributed by atoms with van der Waals surface area (Å²) in [6.07, 6.45) is 0. The monoisotopic (exact) mass is 1000 g/mol. The van der Waals surface area contributed by atoms with Gasteiger partial charge in [-0.1, -0.05) is 236 Å². The predicted molar refractivity (Wildman–Crippen MR) is 334 cm³/mol. The summed E-state index contributed by atoms with van der Waals surface area (Å²) in [7, 11) is 0. The van der Waals surface area contributed by atoms with Crippen molar-refractivity contribution in [3.8, 4) is 50.2 Å². The lowest BCUT2D eigenvalue weighted by atomic mass is 9.33. The molecule has 3 heterocycles. The molecule has 0 amide bonds. The van der Waals surface area contributed by atoms with Crippen molar-refractivity contribution in [1.29, 1.82) is 0 Å². The third-order valence-corrected chi connectivity index (χ3v) is 16.4. The highest BCUT2D eigenvalue weighted by atomic mass is 15.2. The first-order valence-corrected chi connectivity index (χ1v) is 27.5. The number of hydrogen-bond acceptors (Lipinski definition) is 2. The summed E-state index contributed by atoms with van der Waals surface area (Å²) in [5.74, 6) is 0. The van der Waals surface area contributed by atoms with Crippen molar-refractivity contribution in [3.63, 3.8) is 0 Å². The van der Waals surface area contributed by atoms with Gasteiger partial charge >= 0.3 is 0 Å². The average molecular weight is 1000 g/mol. The largest absolute Gasteiger partial charge is 0.311 e. The Morgan fingerprint density at radius 1 is 0.295 bits per heavy atom. The molecule has 0 bridgehead atoms. The fourth-order valence-electron chi connectivity index (χ4n) is 12.8. The van der Waals surface area contributed by atoms with E-state index in [4.69, 9.17) is 0 Å². The fourth-order valence-corrected chi connectivity index (χ4v) is 12.8. The smallest absolute Gasteiger partial charge is 0.252 e. The summed E-state index contributed by atoms with van der Waals surface area (Å²) in [6.45, 7) is 14.1. The summed E-state index contributed by atoms with van der Waals surface area (Å²) in [5, 5.41) is 2.47. The minimum absolute atomic E-state index is 0.122. The Morgan fingerprint density at radius 2 is 0.628 bits per heavy atom. The second-order valence-electron chi connectivity index (χ2n) is 23.3. The lowest BCUT2D eigenvalue weighted by Crippen LogP contribution is -2.61. The van der Waals surface area contributed by atoms with Gasteiger partial charge in [0.1, 0.15) is 0 Å². The van der Waals surface area contributed by atoms with Gasteiger partial charge in [-0.15, -0.1) is 0 Å². The van der Waals surface area contributed by atoms with Gasteiger partial charge in [0.15, 0.2) is 0 Å². The lowest BCUT2D eigenvalue weighted by molar-refractivity contribution is 0.592. The van der Waals surface area contributed by atoms with Crippen molar-refractivity contribution in [2.75, 3.05) is 9.80 Å². The van der Waals surface area contributed by atoms with E-state index in [1.807, 2.05) is 0 Å². The van der Waals surface area contributed by atoms with Crippen molar-refractivity contribution in [2.45, 2.75) is 52.4 Å². The minimum Gasteiger partial charge on any atom is -0.311 e. The second-order valence-corrected chi connectivity index (χ2v) is 23.3. The highest BCUT2D eigenvalue weighted by Crippen LogP contribution is 2.50. The molecule has 0 radical (unpaired) electrons. The SMILES string of the molecule is CC(C)(C)c1cc2c(cc1-c1ccccc1)N(c1ccc(-c3ccccc3)cc1)c1cc(-n3c4ccccc4c4ccccc43)cc3c1B2c1cc(C(C)(C)C)c(-c2ccccc2)cc1N3c1ccc(-c2ccccc2)cc1. The molecule has 2 aliphatic rings. The van der Waals surface area contributed by atoms with E-state index in [9.17, 15) is 0 Å². The zero-order chi connectivity index (χ0) is 52.9. The first-order valence-electron chi connectivity index (χ1n) is 27.5. The molecule has 12 aromatic rings. The normalized spacial score (nSPS) is 12.9. The van der Waals surface area contributed by atoms with Crippen LogP contribution < -0.4 is 26.2 Å². The van der Waals surface area contributed by atoms with Gasteiger partial charge in [-0.2, -0.15) is 0 Å². The summed E-state index contributed by atoms with van der Waals surface area (Å²) in [4.78, 5) is 5.20. The fraction of sp³-hybridized carbons (Fsp3) is 0.108. The quantitative estimate of drug-likeness (QED) is 0.147. The van der Waals surface area contributed by atoms with E-state index in [0.717, 1.165) is 28.4 Å². The van der Waals surface area contributed by atoms with E-state index in [1.165, 1.54) is 105 Å². The van der Waals surface area contributed by atoms with E-state index in [1.54, 1.807) is 0 Å². The van der Waals surface area contributed by atoms with Crippen LogP contribution in [0.25, 0.3) is 72.0 Å². The highest BCUT2D eigenvalue weighted by Gasteiger charge is 2.46. The molecule has 0 saturated carbocycles. The number of hydrogen-bond donors (Lipinski definition) is 0. The van der Waals surface area contributed by atoms with Crippen LogP contribution in [0.1, 0.15) is 52.7 Å². The summed E-state index contributed by atoms with van der Waals surface area (Å²) < 4.78 is 2.51. The zero-order valence-electron chi connectivity index (χ0n) is 45.2. The molecule has 4 heteroatoms. The van der Waals surface area contributed by atoms with Crippen LogP contribution in [0.15, 0.2) is 255 Å². The number of anilines is 6. The first-order chi connectivity index (χ1) is 38.0. The molecule has 0 atom stereocenters. The molecule has 3 nitrogen and oxygen atoms in total. The lowest BCUT2D eigenvalue weighted by Gasteiger charge is -2.46. The van der Waals surface area contributed by atoms with Crippen LogP contribution in [0.2, 0.25) is 0 Å². The number of para-hydroxylation sites is 2. The molecular weight excluding hydrogens is 942 g/mol. The van der Waals surface area contributed by atoms with Gasteiger partial charge in [-0.3, -0.25) is 0 Å². The van der Waals surface area contributed by atoms with Gasteiger partial charge in [-0.05, 0) is 144 Å². The van der Waals surface area contributed by atoms with Crippen LogP contribution in [-0.4, -0.2) is 11.3 Å². The van der Waals surface area contributed by atoms with Gasteiger partial charge in [0.2, 0.25) is 0 Å². The predicted octanol–water partition coefficient (Wildman–Crippen LogP) is 18.1. The molecule has 1 aromatic heterocycles. The number of benzene rings is 11. The molecule has 11 aromatic carbocycles. The van der Waals surface area contributed by atoms with Gasteiger partial charge in [0.25, 0.3) is 6.71 Å². The standard InChI is InChI=1S/C74H60BN3/c1-73(2,3)62-47-64-68(45-60(62)53-27-15-9-16-28-53)76(55-39-35-51(36-40-55)49-23-11-7-12-24-49)70-43-57(78-66-33-21-19-31-58(66)59-32-20-22-34-67(59)78)44-71-72(70)75(64)65-48-63(74(4,5)6)61(54-29-17-10-18-30-54)46-69(65)77(71)56-41-37-52(38-42-56)50-25-13-8-14-26-50/h7-48H,1-6H3. The van der Waals surface area contributed by atoms with Crippen LogP contribution in [0.3, 0.4) is 0 Å². The average Bonchev–Trinajstić information content (AvgIpc) is 3.54. The zero-order valence-corrected chi connectivity index (χ0v) is 45.2. The maximum Gasteiger partial charge on any atom is 0.252 e. The summed E-state index contributed by atoms with van der Waals surface area (Å²) >= 11 is 0. The van der Waals surface area contributed by atoms with E-state index in [2.05, 4.69) is 311 Å². The van der Waals surface area contributed by atoms with Crippen molar-refractivity contribution in [1.82, 2.24) is 4.57 Å². The number of nitrogens with zero attached hydrogens (tertiary/aromatic N) is 3. The van der Waals surface area contributed by atoms with Crippen LogP contribution >= 0.6 is 0 Å². The third kappa shape index (κ3) is 7.80. The van der Waals surface area contributed by atoms with Crippen LogP contribution in [0, 0.1) is 0 Å². The molecule has 0 unspecified atom stereocenters. The molecule has 0 aliphatic carbocycles. The molecule has 374 valence electrons. The van der Waals surface area contributed by atoms with Gasteiger partial charge in [0.05, 0.1) is 16.7 Å². The first kappa shape index (κ1) is 47.3. The summed E-state index contributed by atoms with van der Waals surface area (Å²) in [6, 6.07) is 95.2. The number of aromatic nitrogens is 1. The Kier molecular flexibility index (Phi) is 11.1. The summed E-state index contributed by atoms with van der Waals surface area (Å²) in [5.41, 5.74) is 26.3. The topological polar surface area (TPSA) is 11.4 Å². The number of fused-ring (bicyclic) bond motifs is 7. The van der Waals surface area contributed by atoms with E-state index >= 15 is 0 Å². The molecule has 0 spiro atoms. The van der Waals surface area contributed by atoms with Gasteiger partial charge < -0.3 is 14.4 Å². The van der Waals surface area contributed by atoms with Crippen molar-refractivity contribution >= 4 is 79.0 Å². The molecule has 0 N–H and O–H groups in total. The van der Waals surface area contributed by atoms with E-state index in [-0.39, 0.29) is 17.5 Å². The molecule has 0 saturated heterocycles. The molecule has 78 heavy (non-hydrogen) atoms. The number of rotatable bonds is 7. The molecule has 0 fully saturated rings. The van der Waals surface area contributed by atoms with E-state index in [0.29, 0.717) is 0 Å². The highest BCUT2D eigenvalue weighted by molar-refractivity contribution is 7.00. The van der Waals surface area contributed by atoms with Crippen molar-refractivity contribution in [3.05, 3.63) is 266 Å². The second kappa shape index (κ2) is 18.3. The van der Waals surface area contributed by atoms with Crippen LogP contribution in [0.4, 0.5) is 34.1 Å². The van der Waals surface area contributed by atoms with Crippen LogP contribution in [0.5, 0.6) is 0 Å². The Labute approximate surface area is 459 Å². The minimum atomic E-state index is -0.177. The molecule has 2 aliphatic heterocycles. The van der Waals surface area contributed by atoms with Crippen molar-refractivity contribution in [2.24, 2.45) is 0 Å². The Morgan fingerprint density at radius 3 is 1.00 bits per heavy atom. The Balaban J connectivity index is 1.15. The molecular formula is C74H60BN3. The van der Waals surface area contributed by atoms with Crippen molar-refractivity contribution < 1.29 is 0 Å². The van der Waals surface area contributed by atoms with Gasteiger partial charge in [0, 0.05) is 44.9 Å². The maximum atomic E-state index is 2.60. The van der Waals surface area contributed by atoms with Crippen LogP contribution in [-0.2, 0) is 10.8 Å². The third-order valence-electron chi connectivity index (χ3n) is 16.4. The maximum absolute atomic E-state index is 2.60.